The number of halogens is 2. The van der Waals surface area contributed by atoms with Gasteiger partial charge in [-0.25, -0.2) is 4.98 Å². The number of thioether (sulfide) groups is 1. The van der Waals surface area contributed by atoms with E-state index in [1.165, 1.54) is 0 Å². The fourth-order valence-electron chi connectivity index (χ4n) is 4.49. The van der Waals surface area contributed by atoms with Crippen molar-refractivity contribution in [2.45, 2.75) is 54.1 Å². The van der Waals surface area contributed by atoms with E-state index in [1.807, 2.05) is 6.07 Å². The van der Waals surface area contributed by atoms with Crippen molar-refractivity contribution in [1.29, 1.82) is 0 Å². The van der Waals surface area contributed by atoms with Crippen molar-refractivity contribution in [3.63, 3.8) is 0 Å². The van der Waals surface area contributed by atoms with E-state index in [4.69, 9.17) is 0 Å². The van der Waals surface area contributed by atoms with Gasteiger partial charge in [0.1, 0.15) is 11.9 Å². The molecule has 10 heteroatoms. The monoisotopic (exact) mass is 476 g/mol. The van der Waals surface area contributed by atoms with Crippen LogP contribution in [0.4, 0.5) is 14.6 Å². The topological polar surface area (TPSA) is 103 Å². The highest BCUT2D eigenvalue weighted by molar-refractivity contribution is 8.00. The molecule has 0 spiro atoms. The molecule has 4 atom stereocenters. The second kappa shape index (κ2) is 8.83. The number of aliphatic hydroxyl groups is 3. The SMILES string of the molecule is OC[C@H]1C[C@@H](Nc2ccnc3cc(-c4cccc(SC(F)(F)C5CCC5)c4)nn23)[C@H](O)[C@@H]1O. The van der Waals surface area contributed by atoms with Crippen LogP contribution in [0.1, 0.15) is 25.7 Å². The van der Waals surface area contributed by atoms with Gasteiger partial charge in [0.2, 0.25) is 0 Å². The van der Waals surface area contributed by atoms with Gasteiger partial charge in [-0.3, -0.25) is 0 Å². The fraction of sp³-hybridized carbons (Fsp3) is 0.478. The summed E-state index contributed by atoms with van der Waals surface area (Å²) in [7, 11) is 0. The van der Waals surface area contributed by atoms with Crippen molar-refractivity contribution in [1.82, 2.24) is 14.6 Å². The molecule has 5 rings (SSSR count). The van der Waals surface area contributed by atoms with E-state index in [1.54, 1.807) is 41.0 Å². The number of aliphatic hydroxyl groups excluding tert-OH is 3. The van der Waals surface area contributed by atoms with Crippen molar-refractivity contribution in [2.24, 2.45) is 11.8 Å². The highest BCUT2D eigenvalue weighted by Crippen LogP contribution is 2.49. The maximum atomic E-state index is 14.5. The normalized spacial score (nSPS) is 26.0. The molecule has 0 radical (unpaired) electrons. The van der Waals surface area contributed by atoms with Crippen molar-refractivity contribution >= 4 is 23.2 Å². The van der Waals surface area contributed by atoms with Crippen LogP contribution < -0.4 is 5.32 Å². The molecule has 2 fully saturated rings. The third-order valence-electron chi connectivity index (χ3n) is 6.69. The molecule has 4 N–H and O–H groups in total. The number of nitrogens with zero attached hydrogens (tertiary/aromatic N) is 3. The van der Waals surface area contributed by atoms with E-state index in [-0.39, 0.29) is 6.61 Å². The smallest absolute Gasteiger partial charge is 0.300 e. The number of aromatic nitrogens is 3. The molecule has 2 heterocycles. The second-order valence-electron chi connectivity index (χ2n) is 8.86. The molecule has 2 aliphatic carbocycles. The second-order valence-corrected chi connectivity index (χ2v) is 10.1. The van der Waals surface area contributed by atoms with Crippen LogP contribution in [-0.2, 0) is 0 Å². The summed E-state index contributed by atoms with van der Waals surface area (Å²) in [5, 5.41) is 34.8. The van der Waals surface area contributed by atoms with Gasteiger partial charge in [0.25, 0.3) is 0 Å². The zero-order valence-electron chi connectivity index (χ0n) is 17.8. The van der Waals surface area contributed by atoms with E-state index in [0.29, 0.717) is 58.6 Å². The molecular formula is C23H26F2N4O3S. The molecule has 0 aliphatic heterocycles. The Kier molecular flexibility index (Phi) is 6.02. The molecule has 33 heavy (non-hydrogen) atoms. The van der Waals surface area contributed by atoms with Gasteiger partial charge in [0.05, 0.1) is 17.8 Å². The molecule has 0 amide bonds. The van der Waals surface area contributed by atoms with Gasteiger partial charge in [-0.05, 0) is 37.5 Å². The summed E-state index contributed by atoms with van der Waals surface area (Å²) in [6, 6.07) is 10.0. The van der Waals surface area contributed by atoms with Crippen LogP contribution in [0.25, 0.3) is 16.9 Å². The Balaban J connectivity index is 1.39. The van der Waals surface area contributed by atoms with Gasteiger partial charge in [-0.2, -0.15) is 18.4 Å². The number of fused-ring (bicyclic) bond motifs is 1. The molecule has 0 bridgehead atoms. The minimum Gasteiger partial charge on any atom is -0.396 e. The first-order valence-corrected chi connectivity index (χ1v) is 11.9. The van der Waals surface area contributed by atoms with E-state index >= 15 is 0 Å². The molecule has 2 saturated carbocycles. The average Bonchev–Trinajstić information content (AvgIpc) is 3.29. The Morgan fingerprint density at radius 2 is 1.97 bits per heavy atom. The number of alkyl halides is 2. The van der Waals surface area contributed by atoms with Crippen molar-refractivity contribution < 1.29 is 24.1 Å². The molecule has 0 saturated heterocycles. The third kappa shape index (κ3) is 4.32. The van der Waals surface area contributed by atoms with Crippen LogP contribution in [0.2, 0.25) is 0 Å². The van der Waals surface area contributed by atoms with E-state index in [2.05, 4.69) is 15.4 Å². The lowest BCUT2D eigenvalue weighted by molar-refractivity contribution is -0.000783. The molecule has 7 nitrogen and oxygen atoms in total. The first-order chi connectivity index (χ1) is 15.9. The molecule has 2 aromatic heterocycles. The van der Waals surface area contributed by atoms with E-state index < -0.39 is 35.3 Å². The number of hydrogen-bond donors (Lipinski definition) is 4. The summed E-state index contributed by atoms with van der Waals surface area (Å²) in [6.45, 7) is -0.206. The molecule has 176 valence electrons. The maximum Gasteiger partial charge on any atom is 0.300 e. The largest absolute Gasteiger partial charge is 0.396 e. The lowest BCUT2D eigenvalue weighted by atomic mass is 9.86. The van der Waals surface area contributed by atoms with Crippen molar-refractivity contribution in [3.05, 3.63) is 42.6 Å². The number of hydrogen-bond acceptors (Lipinski definition) is 7. The predicted molar refractivity (Wildman–Crippen MR) is 121 cm³/mol. The quantitative estimate of drug-likeness (QED) is 0.388. The van der Waals surface area contributed by atoms with Gasteiger partial charge >= 0.3 is 5.25 Å². The van der Waals surface area contributed by atoms with Gasteiger partial charge in [0.15, 0.2) is 5.65 Å². The summed E-state index contributed by atoms with van der Waals surface area (Å²) in [5.74, 6) is -0.390. The van der Waals surface area contributed by atoms with Crippen molar-refractivity contribution in [3.8, 4) is 11.3 Å². The summed E-state index contributed by atoms with van der Waals surface area (Å²) in [6.07, 6.45) is 1.99. The predicted octanol–water partition coefficient (Wildman–Crippen LogP) is 3.40. The first kappa shape index (κ1) is 22.5. The summed E-state index contributed by atoms with van der Waals surface area (Å²) < 4.78 is 30.6. The van der Waals surface area contributed by atoms with Crippen LogP contribution >= 0.6 is 11.8 Å². The van der Waals surface area contributed by atoms with Gasteiger partial charge < -0.3 is 20.6 Å². The Morgan fingerprint density at radius 1 is 1.15 bits per heavy atom. The lowest BCUT2D eigenvalue weighted by Crippen LogP contribution is -2.35. The zero-order chi connectivity index (χ0) is 23.2. The van der Waals surface area contributed by atoms with Crippen LogP contribution in [0.3, 0.4) is 0 Å². The molecule has 1 aromatic carbocycles. The Morgan fingerprint density at radius 3 is 2.67 bits per heavy atom. The number of anilines is 1. The third-order valence-corrected chi connectivity index (χ3v) is 7.79. The van der Waals surface area contributed by atoms with Crippen LogP contribution in [0.5, 0.6) is 0 Å². The minimum absolute atomic E-state index is 0.206. The molecular weight excluding hydrogens is 450 g/mol. The average molecular weight is 477 g/mol. The molecule has 2 aliphatic rings. The Labute approximate surface area is 193 Å². The summed E-state index contributed by atoms with van der Waals surface area (Å²) in [5.41, 5.74) is 1.85. The van der Waals surface area contributed by atoms with E-state index in [0.717, 1.165) is 6.42 Å². The van der Waals surface area contributed by atoms with Gasteiger partial charge in [-0.15, -0.1) is 0 Å². The minimum atomic E-state index is -2.78. The zero-order valence-corrected chi connectivity index (χ0v) is 18.6. The van der Waals surface area contributed by atoms with Gasteiger partial charge in [0, 0.05) is 41.2 Å². The number of benzene rings is 1. The maximum absolute atomic E-state index is 14.5. The molecule has 0 unspecified atom stereocenters. The van der Waals surface area contributed by atoms with Gasteiger partial charge in [-0.1, -0.05) is 30.3 Å². The highest BCUT2D eigenvalue weighted by atomic mass is 32.2. The lowest BCUT2D eigenvalue weighted by Gasteiger charge is -2.32. The van der Waals surface area contributed by atoms with Crippen LogP contribution in [-0.4, -0.2) is 60.0 Å². The molecule has 3 aromatic rings. The Bertz CT molecular complexity index is 1140. The number of nitrogens with one attached hydrogen (secondary N) is 1. The van der Waals surface area contributed by atoms with Crippen LogP contribution in [0.15, 0.2) is 47.5 Å². The van der Waals surface area contributed by atoms with Crippen molar-refractivity contribution in [2.75, 3.05) is 11.9 Å². The summed E-state index contributed by atoms with van der Waals surface area (Å²) >= 11 is 0.605. The first-order valence-electron chi connectivity index (χ1n) is 11.1. The van der Waals surface area contributed by atoms with E-state index in [9.17, 15) is 24.1 Å². The van der Waals surface area contributed by atoms with Crippen LogP contribution in [0, 0.1) is 11.8 Å². The number of rotatable bonds is 7. The Hall–Kier alpha value is -2.27. The summed E-state index contributed by atoms with van der Waals surface area (Å²) in [4.78, 5) is 4.83. The highest BCUT2D eigenvalue weighted by Gasteiger charge is 2.44. The standard InChI is InChI=1S/C23H26F2N4O3S/c24-23(25,15-4-2-5-15)33-16-6-1-3-13(9-16)17-11-20-26-8-7-19(29(20)28-17)27-18-10-14(12-30)21(31)22(18)32/h1,3,6-9,11,14-15,18,21-22,27,30-32H,2,4-5,10,12H2/t14-,18-,21-,22+/m1/s1. The fourth-order valence-corrected chi connectivity index (χ4v) is 5.54.